The smallest absolute Gasteiger partial charge is 0.0916 e. The van der Waals surface area contributed by atoms with Crippen molar-refractivity contribution in [2.24, 2.45) is 0 Å². The highest BCUT2D eigenvalue weighted by atomic mass is 16.6. The molecule has 3 fully saturated rings. The van der Waals surface area contributed by atoms with Crippen LogP contribution in [-0.2, 0) is 14.2 Å². The lowest BCUT2D eigenvalue weighted by molar-refractivity contribution is -0.190. The lowest BCUT2D eigenvalue weighted by atomic mass is 9.88. The second-order valence-electron chi connectivity index (χ2n) is 5.56. The molecule has 0 amide bonds. The van der Waals surface area contributed by atoms with Gasteiger partial charge in [-0.15, -0.1) is 0 Å². The lowest BCUT2D eigenvalue weighted by Gasteiger charge is -2.40. The number of rotatable bonds is 0. The molecular weight excluding hydrogens is 204 g/mol. The van der Waals surface area contributed by atoms with Crippen molar-refractivity contribution in [1.82, 2.24) is 0 Å². The third-order valence-electron chi connectivity index (χ3n) is 4.37. The van der Waals surface area contributed by atoms with Crippen LogP contribution >= 0.6 is 0 Å². The molecule has 0 aromatic carbocycles. The zero-order valence-electron chi connectivity index (χ0n) is 10.1. The number of ether oxygens (including phenoxy) is 3. The van der Waals surface area contributed by atoms with E-state index in [9.17, 15) is 0 Å². The van der Waals surface area contributed by atoms with Crippen molar-refractivity contribution in [1.29, 1.82) is 0 Å². The van der Waals surface area contributed by atoms with Crippen LogP contribution in [0.15, 0.2) is 0 Å². The average molecular weight is 226 g/mol. The Balaban J connectivity index is 1.77. The van der Waals surface area contributed by atoms with Gasteiger partial charge in [0.05, 0.1) is 23.9 Å². The summed E-state index contributed by atoms with van der Waals surface area (Å²) >= 11 is 0. The van der Waals surface area contributed by atoms with E-state index >= 15 is 0 Å². The summed E-state index contributed by atoms with van der Waals surface area (Å²) in [5, 5.41) is 0. The van der Waals surface area contributed by atoms with Crippen molar-refractivity contribution in [2.75, 3.05) is 13.2 Å². The van der Waals surface area contributed by atoms with Gasteiger partial charge in [0, 0.05) is 13.2 Å². The van der Waals surface area contributed by atoms with Gasteiger partial charge in [-0.05, 0) is 45.4 Å². The first-order valence-corrected chi connectivity index (χ1v) is 6.69. The van der Waals surface area contributed by atoms with Gasteiger partial charge < -0.3 is 14.2 Å². The van der Waals surface area contributed by atoms with Crippen molar-refractivity contribution >= 4 is 0 Å². The van der Waals surface area contributed by atoms with E-state index in [0.29, 0.717) is 12.2 Å². The van der Waals surface area contributed by atoms with Crippen LogP contribution in [0, 0.1) is 0 Å². The van der Waals surface area contributed by atoms with Crippen LogP contribution in [-0.4, -0.2) is 37.1 Å². The molecule has 0 aromatic heterocycles. The second-order valence-corrected chi connectivity index (χ2v) is 5.56. The predicted molar refractivity (Wildman–Crippen MR) is 60.5 cm³/mol. The molecule has 0 bridgehead atoms. The maximum atomic E-state index is 6.27. The Morgan fingerprint density at radius 2 is 1.88 bits per heavy atom. The van der Waals surface area contributed by atoms with Crippen LogP contribution in [0.5, 0.6) is 0 Å². The lowest BCUT2D eigenvalue weighted by Crippen LogP contribution is -2.47. The summed E-state index contributed by atoms with van der Waals surface area (Å²) in [5.41, 5.74) is -0.0566. The van der Waals surface area contributed by atoms with E-state index in [1.807, 2.05) is 0 Å². The van der Waals surface area contributed by atoms with Gasteiger partial charge in [0.2, 0.25) is 0 Å². The van der Waals surface area contributed by atoms with Crippen molar-refractivity contribution in [3.8, 4) is 0 Å². The first kappa shape index (κ1) is 11.0. The van der Waals surface area contributed by atoms with Crippen LogP contribution in [0.3, 0.4) is 0 Å². The summed E-state index contributed by atoms with van der Waals surface area (Å²) in [7, 11) is 0. The summed E-state index contributed by atoms with van der Waals surface area (Å²) in [6, 6.07) is 0. The fourth-order valence-corrected chi connectivity index (χ4v) is 3.29. The zero-order chi connectivity index (χ0) is 11.0. The molecule has 3 nitrogen and oxygen atoms in total. The van der Waals surface area contributed by atoms with Gasteiger partial charge in [-0.25, -0.2) is 0 Å². The minimum absolute atomic E-state index is 0.0566. The molecule has 3 rings (SSSR count). The molecule has 3 aliphatic rings. The fraction of sp³-hybridized carbons (Fsp3) is 1.00. The van der Waals surface area contributed by atoms with E-state index in [-0.39, 0.29) is 11.7 Å². The maximum absolute atomic E-state index is 6.27. The number of fused-ring (bicyclic) bond motifs is 2. The molecule has 3 heterocycles. The molecular formula is C13H22O3. The van der Waals surface area contributed by atoms with E-state index in [2.05, 4.69) is 6.92 Å². The Kier molecular flexibility index (Phi) is 2.94. The molecule has 0 spiro atoms. The van der Waals surface area contributed by atoms with Gasteiger partial charge in [0.15, 0.2) is 0 Å². The van der Waals surface area contributed by atoms with Crippen LogP contribution in [0.25, 0.3) is 0 Å². The summed E-state index contributed by atoms with van der Waals surface area (Å²) in [5.74, 6) is 0. The normalized spacial score (nSPS) is 48.9. The largest absolute Gasteiger partial charge is 0.376 e. The van der Waals surface area contributed by atoms with Crippen molar-refractivity contribution in [3.05, 3.63) is 0 Å². The SMILES string of the molecule is C[C@]12CC[C@H]3OCCC[C@@H]3O[C@@H]1CCCO2. The first-order chi connectivity index (χ1) is 7.78. The van der Waals surface area contributed by atoms with Gasteiger partial charge in [0.25, 0.3) is 0 Å². The Morgan fingerprint density at radius 3 is 2.81 bits per heavy atom. The predicted octanol–water partition coefficient (Wildman–Crippen LogP) is 2.28. The monoisotopic (exact) mass is 226 g/mol. The van der Waals surface area contributed by atoms with Gasteiger partial charge >= 0.3 is 0 Å². The van der Waals surface area contributed by atoms with E-state index in [4.69, 9.17) is 14.2 Å². The van der Waals surface area contributed by atoms with Crippen LogP contribution in [0.4, 0.5) is 0 Å². The topological polar surface area (TPSA) is 27.7 Å². The van der Waals surface area contributed by atoms with Crippen molar-refractivity contribution in [2.45, 2.75) is 69.4 Å². The third-order valence-corrected chi connectivity index (χ3v) is 4.37. The van der Waals surface area contributed by atoms with Crippen LogP contribution < -0.4 is 0 Å². The quantitative estimate of drug-likeness (QED) is 0.634. The summed E-state index contributed by atoms with van der Waals surface area (Å²) in [6.45, 7) is 4.02. The molecule has 0 N–H and O–H groups in total. The molecule has 4 atom stereocenters. The Labute approximate surface area is 97.4 Å². The van der Waals surface area contributed by atoms with E-state index in [1.54, 1.807) is 0 Å². The fourth-order valence-electron chi connectivity index (χ4n) is 3.29. The minimum atomic E-state index is -0.0566. The Morgan fingerprint density at radius 1 is 1.00 bits per heavy atom. The number of hydrogen-bond donors (Lipinski definition) is 0. The first-order valence-electron chi connectivity index (χ1n) is 6.69. The van der Waals surface area contributed by atoms with Crippen molar-refractivity contribution in [3.63, 3.8) is 0 Å². The highest BCUT2D eigenvalue weighted by Gasteiger charge is 2.45. The second kappa shape index (κ2) is 4.28. The highest BCUT2D eigenvalue weighted by Crippen LogP contribution is 2.39. The Bertz CT molecular complexity index is 256. The molecule has 0 aliphatic carbocycles. The third kappa shape index (κ3) is 1.89. The van der Waals surface area contributed by atoms with E-state index < -0.39 is 0 Å². The zero-order valence-corrected chi connectivity index (χ0v) is 10.1. The van der Waals surface area contributed by atoms with E-state index in [1.165, 1.54) is 0 Å². The summed E-state index contributed by atoms with van der Waals surface area (Å²) in [4.78, 5) is 0. The van der Waals surface area contributed by atoms with E-state index in [0.717, 1.165) is 51.7 Å². The van der Waals surface area contributed by atoms with Gasteiger partial charge in [-0.2, -0.15) is 0 Å². The molecule has 0 radical (unpaired) electrons. The molecule has 0 unspecified atom stereocenters. The maximum Gasteiger partial charge on any atom is 0.0916 e. The number of hydrogen-bond acceptors (Lipinski definition) is 3. The van der Waals surface area contributed by atoms with Crippen LogP contribution in [0.2, 0.25) is 0 Å². The summed E-state index contributed by atoms with van der Waals surface area (Å²) < 4.78 is 18.1. The highest BCUT2D eigenvalue weighted by molar-refractivity contribution is 4.94. The van der Waals surface area contributed by atoms with Gasteiger partial charge in [-0.3, -0.25) is 0 Å². The molecule has 0 aromatic rings. The van der Waals surface area contributed by atoms with Gasteiger partial charge in [-0.1, -0.05) is 0 Å². The molecule has 3 aliphatic heterocycles. The average Bonchev–Trinajstić information content (AvgIpc) is 2.45. The summed E-state index contributed by atoms with van der Waals surface area (Å²) in [6.07, 6.45) is 7.71. The molecule has 3 saturated heterocycles. The molecule has 3 heteroatoms. The standard InChI is InChI=1S/C13H22O3/c1-13-7-6-10-11(4-2-8-14-10)16-12(13)5-3-9-15-13/h10-12H,2-9H2,1H3/t10-,11+,12-,13+/m1/s1. The molecule has 16 heavy (non-hydrogen) atoms. The van der Waals surface area contributed by atoms with Crippen molar-refractivity contribution < 1.29 is 14.2 Å². The Hall–Kier alpha value is -0.120. The van der Waals surface area contributed by atoms with Crippen LogP contribution in [0.1, 0.15) is 45.4 Å². The molecule has 0 saturated carbocycles. The minimum Gasteiger partial charge on any atom is -0.376 e. The van der Waals surface area contributed by atoms with Gasteiger partial charge in [0.1, 0.15) is 0 Å². The molecule has 92 valence electrons.